The number of nitrogens with zero attached hydrogens (tertiary/aromatic N) is 1. The normalized spacial score (nSPS) is 22.8. The second-order valence-corrected chi connectivity index (χ2v) is 4.64. The van der Waals surface area contributed by atoms with Gasteiger partial charge in [-0.15, -0.1) is 0 Å². The second kappa shape index (κ2) is 7.20. The Morgan fingerprint density at radius 3 is 2.61 bits per heavy atom. The number of aliphatic hydroxyl groups is 1. The lowest BCUT2D eigenvalue weighted by Gasteiger charge is -2.25. The molecular formula is C12H22N2O4. The smallest absolute Gasteiger partial charge is 0.317 e. The van der Waals surface area contributed by atoms with Crippen molar-refractivity contribution in [2.75, 3.05) is 19.7 Å². The summed E-state index contributed by atoms with van der Waals surface area (Å²) in [6, 6.07) is -0.558. The third-order valence-electron chi connectivity index (χ3n) is 3.29. The van der Waals surface area contributed by atoms with Crippen LogP contribution in [-0.4, -0.2) is 52.9 Å². The van der Waals surface area contributed by atoms with Crippen molar-refractivity contribution in [3.63, 3.8) is 0 Å². The summed E-state index contributed by atoms with van der Waals surface area (Å²) in [5.41, 5.74) is 0. The van der Waals surface area contributed by atoms with Crippen molar-refractivity contribution in [3.05, 3.63) is 0 Å². The molecular weight excluding hydrogens is 236 g/mol. The van der Waals surface area contributed by atoms with Crippen molar-refractivity contribution in [3.8, 4) is 0 Å². The molecule has 0 spiro atoms. The van der Waals surface area contributed by atoms with Crippen LogP contribution in [0.5, 0.6) is 0 Å². The fraction of sp³-hybridized carbons (Fsp3) is 0.833. The predicted octanol–water partition coefficient (Wildman–Crippen LogP) is 0.654. The number of carbonyl (C=O) groups excluding carboxylic acids is 1. The van der Waals surface area contributed by atoms with Crippen LogP contribution in [0.15, 0.2) is 0 Å². The first-order valence-corrected chi connectivity index (χ1v) is 6.49. The lowest BCUT2D eigenvalue weighted by atomic mass is 10.0. The maximum atomic E-state index is 12.0. The van der Waals surface area contributed by atoms with E-state index in [4.69, 9.17) is 10.2 Å². The Balaban J connectivity index is 2.53. The average Bonchev–Trinajstić information content (AvgIpc) is 2.77. The highest BCUT2D eigenvalue weighted by molar-refractivity contribution is 5.77. The molecule has 2 amide bonds. The summed E-state index contributed by atoms with van der Waals surface area (Å²) in [6.45, 7) is 2.72. The zero-order valence-corrected chi connectivity index (χ0v) is 10.8. The van der Waals surface area contributed by atoms with Crippen LogP contribution in [0.2, 0.25) is 0 Å². The molecule has 0 aliphatic heterocycles. The van der Waals surface area contributed by atoms with Gasteiger partial charge in [-0.1, -0.05) is 13.3 Å². The number of hydrogen-bond donors (Lipinski definition) is 3. The minimum atomic E-state index is -0.845. The van der Waals surface area contributed by atoms with E-state index in [1.807, 2.05) is 6.92 Å². The Morgan fingerprint density at radius 1 is 1.33 bits per heavy atom. The van der Waals surface area contributed by atoms with Crippen molar-refractivity contribution >= 4 is 12.0 Å². The summed E-state index contributed by atoms with van der Waals surface area (Å²) in [6.07, 6.45) is 2.96. The molecule has 104 valence electrons. The number of aliphatic carboxylic acids is 1. The number of carbonyl (C=O) groups is 2. The average molecular weight is 258 g/mol. The highest BCUT2D eigenvalue weighted by Gasteiger charge is 2.34. The molecule has 6 nitrogen and oxygen atoms in total. The Hall–Kier alpha value is -1.30. The predicted molar refractivity (Wildman–Crippen MR) is 66.2 cm³/mol. The highest BCUT2D eigenvalue weighted by Crippen LogP contribution is 2.25. The zero-order chi connectivity index (χ0) is 13.5. The van der Waals surface area contributed by atoms with Gasteiger partial charge in [0.05, 0.1) is 12.5 Å². The Bertz CT molecular complexity index is 290. The summed E-state index contributed by atoms with van der Waals surface area (Å²) in [4.78, 5) is 24.5. The zero-order valence-electron chi connectivity index (χ0n) is 10.8. The van der Waals surface area contributed by atoms with E-state index in [9.17, 15) is 9.59 Å². The van der Waals surface area contributed by atoms with E-state index in [-0.39, 0.29) is 25.2 Å². The molecule has 0 radical (unpaired) electrons. The van der Waals surface area contributed by atoms with Gasteiger partial charge in [0.25, 0.3) is 0 Å². The minimum absolute atomic E-state index is 0.0829. The maximum Gasteiger partial charge on any atom is 0.317 e. The number of aliphatic hydroxyl groups excluding tert-OH is 1. The Morgan fingerprint density at radius 2 is 2.06 bits per heavy atom. The molecule has 1 rings (SSSR count). The van der Waals surface area contributed by atoms with Crippen LogP contribution >= 0.6 is 0 Å². The van der Waals surface area contributed by atoms with Gasteiger partial charge in [0.15, 0.2) is 0 Å². The topological polar surface area (TPSA) is 89.9 Å². The first-order valence-electron chi connectivity index (χ1n) is 6.49. The van der Waals surface area contributed by atoms with Crippen LogP contribution in [0.4, 0.5) is 4.79 Å². The lowest BCUT2D eigenvalue weighted by molar-refractivity contribution is -0.142. The van der Waals surface area contributed by atoms with Gasteiger partial charge in [0.2, 0.25) is 0 Å². The van der Waals surface area contributed by atoms with Gasteiger partial charge in [0.1, 0.15) is 0 Å². The van der Waals surface area contributed by atoms with Crippen LogP contribution in [-0.2, 0) is 4.79 Å². The molecule has 2 unspecified atom stereocenters. The summed E-state index contributed by atoms with van der Waals surface area (Å²) in [7, 11) is 0. The number of nitrogens with one attached hydrogen (secondary N) is 1. The number of carboxylic acid groups (broad SMARTS) is 1. The van der Waals surface area contributed by atoms with Crippen LogP contribution in [0.25, 0.3) is 0 Å². The SMILES string of the molecule is CCCN(CCO)C(=O)NC1CCCC1C(=O)O. The fourth-order valence-electron chi connectivity index (χ4n) is 2.38. The third kappa shape index (κ3) is 3.87. The van der Waals surface area contributed by atoms with Crippen LogP contribution < -0.4 is 5.32 Å². The van der Waals surface area contributed by atoms with Gasteiger partial charge in [-0.25, -0.2) is 4.79 Å². The van der Waals surface area contributed by atoms with Gasteiger partial charge >= 0.3 is 12.0 Å². The Labute approximate surface area is 107 Å². The lowest BCUT2D eigenvalue weighted by Crippen LogP contribution is -2.48. The second-order valence-electron chi connectivity index (χ2n) is 4.64. The summed E-state index contributed by atoms with van der Waals surface area (Å²) >= 11 is 0. The molecule has 1 saturated carbocycles. The molecule has 6 heteroatoms. The van der Waals surface area contributed by atoms with Crippen LogP contribution in [0.3, 0.4) is 0 Å². The molecule has 1 fully saturated rings. The highest BCUT2D eigenvalue weighted by atomic mass is 16.4. The third-order valence-corrected chi connectivity index (χ3v) is 3.29. The molecule has 3 N–H and O–H groups in total. The van der Waals surface area contributed by atoms with E-state index in [1.165, 1.54) is 4.90 Å². The molecule has 1 aliphatic carbocycles. The van der Waals surface area contributed by atoms with Crippen molar-refractivity contribution in [1.82, 2.24) is 10.2 Å². The summed E-state index contributed by atoms with van der Waals surface area (Å²) in [5, 5.41) is 20.7. The molecule has 1 aliphatic rings. The molecule has 0 heterocycles. The quantitative estimate of drug-likeness (QED) is 0.652. The first kappa shape index (κ1) is 14.8. The van der Waals surface area contributed by atoms with Gasteiger partial charge in [-0.3, -0.25) is 4.79 Å². The van der Waals surface area contributed by atoms with Gasteiger partial charge in [-0.05, 0) is 19.3 Å². The number of urea groups is 1. The molecule has 0 aromatic carbocycles. The van der Waals surface area contributed by atoms with E-state index >= 15 is 0 Å². The largest absolute Gasteiger partial charge is 0.481 e. The number of rotatable bonds is 6. The number of carboxylic acids is 1. The molecule has 0 bridgehead atoms. The maximum absolute atomic E-state index is 12.0. The van der Waals surface area contributed by atoms with Crippen molar-refractivity contribution in [2.24, 2.45) is 5.92 Å². The number of hydrogen-bond acceptors (Lipinski definition) is 3. The summed E-state index contributed by atoms with van der Waals surface area (Å²) in [5.74, 6) is -1.33. The van der Waals surface area contributed by atoms with E-state index in [0.717, 1.165) is 12.8 Å². The minimum Gasteiger partial charge on any atom is -0.481 e. The molecule has 0 aromatic heterocycles. The van der Waals surface area contributed by atoms with E-state index in [1.54, 1.807) is 0 Å². The molecule has 0 aromatic rings. The van der Waals surface area contributed by atoms with Crippen molar-refractivity contribution in [2.45, 2.75) is 38.6 Å². The molecule has 18 heavy (non-hydrogen) atoms. The van der Waals surface area contributed by atoms with E-state index in [2.05, 4.69) is 5.32 Å². The van der Waals surface area contributed by atoms with E-state index < -0.39 is 11.9 Å². The van der Waals surface area contributed by atoms with Crippen molar-refractivity contribution < 1.29 is 19.8 Å². The molecule has 0 saturated heterocycles. The number of amides is 2. The fourth-order valence-corrected chi connectivity index (χ4v) is 2.38. The Kier molecular flexibility index (Phi) is 5.91. The van der Waals surface area contributed by atoms with Crippen LogP contribution in [0, 0.1) is 5.92 Å². The van der Waals surface area contributed by atoms with Crippen molar-refractivity contribution in [1.29, 1.82) is 0 Å². The van der Waals surface area contributed by atoms with E-state index in [0.29, 0.717) is 19.4 Å². The molecule has 2 atom stereocenters. The monoisotopic (exact) mass is 258 g/mol. The summed E-state index contributed by atoms with van der Waals surface area (Å²) < 4.78 is 0. The standard InChI is InChI=1S/C12H22N2O4/c1-2-6-14(7-8-15)12(18)13-10-5-3-4-9(10)11(16)17/h9-10,15H,2-8H2,1H3,(H,13,18)(H,16,17). The van der Waals surface area contributed by atoms with Crippen LogP contribution in [0.1, 0.15) is 32.6 Å². The van der Waals surface area contributed by atoms with Gasteiger partial charge in [0, 0.05) is 19.1 Å². The first-order chi connectivity index (χ1) is 8.60. The van der Waals surface area contributed by atoms with Gasteiger partial charge in [-0.2, -0.15) is 0 Å². The van der Waals surface area contributed by atoms with Gasteiger partial charge < -0.3 is 20.4 Å².